The second-order valence-corrected chi connectivity index (χ2v) is 5.87. The van der Waals surface area contributed by atoms with Crippen LogP contribution in [-0.2, 0) is 9.59 Å². The summed E-state index contributed by atoms with van der Waals surface area (Å²) in [6.07, 6.45) is -0.0180. The van der Waals surface area contributed by atoms with Gasteiger partial charge in [0.15, 0.2) is 0 Å². The van der Waals surface area contributed by atoms with Crippen molar-refractivity contribution in [3.8, 4) is 0 Å². The van der Waals surface area contributed by atoms with E-state index in [1.54, 1.807) is 48.5 Å². The van der Waals surface area contributed by atoms with Crippen LogP contribution in [0.4, 0.5) is 11.4 Å². The molecule has 3 rings (SSSR count). The zero-order valence-electron chi connectivity index (χ0n) is 14.1. The number of fused-ring (bicyclic) bond motifs is 1. The van der Waals surface area contributed by atoms with E-state index in [4.69, 9.17) is 0 Å². The zero-order chi connectivity index (χ0) is 18.7. The van der Waals surface area contributed by atoms with Gasteiger partial charge in [0.1, 0.15) is 0 Å². The SMILES string of the molecule is CC(=O)Nc1cccc(NC(=O)CCN2C(=O)c3ccccc3C2=O)c1. The summed E-state index contributed by atoms with van der Waals surface area (Å²) in [6.45, 7) is 1.40. The number of anilines is 2. The fourth-order valence-electron chi connectivity index (χ4n) is 2.76. The molecule has 0 aromatic heterocycles. The van der Waals surface area contributed by atoms with E-state index in [9.17, 15) is 19.2 Å². The van der Waals surface area contributed by atoms with Crippen LogP contribution in [0.3, 0.4) is 0 Å². The van der Waals surface area contributed by atoms with Crippen molar-refractivity contribution in [2.24, 2.45) is 0 Å². The fraction of sp³-hybridized carbons (Fsp3) is 0.158. The maximum absolute atomic E-state index is 12.3. The lowest BCUT2D eigenvalue weighted by Crippen LogP contribution is -2.32. The Morgan fingerprint density at radius 2 is 1.46 bits per heavy atom. The lowest BCUT2D eigenvalue weighted by Gasteiger charge is -2.13. The van der Waals surface area contributed by atoms with E-state index in [-0.39, 0.29) is 36.6 Å². The molecule has 1 aliphatic heterocycles. The molecule has 7 nitrogen and oxygen atoms in total. The lowest BCUT2D eigenvalue weighted by atomic mass is 10.1. The summed E-state index contributed by atoms with van der Waals surface area (Å²) in [7, 11) is 0. The molecular formula is C19H17N3O4. The first kappa shape index (κ1) is 17.3. The molecule has 1 heterocycles. The Hall–Kier alpha value is -3.48. The molecule has 132 valence electrons. The summed E-state index contributed by atoms with van der Waals surface area (Å²) in [5.41, 5.74) is 1.81. The Morgan fingerprint density at radius 3 is 2.04 bits per heavy atom. The Labute approximate surface area is 150 Å². The number of benzene rings is 2. The molecule has 0 radical (unpaired) electrons. The van der Waals surface area contributed by atoms with Crippen LogP contribution < -0.4 is 10.6 Å². The monoisotopic (exact) mass is 351 g/mol. The van der Waals surface area contributed by atoms with Crippen LogP contribution in [0.2, 0.25) is 0 Å². The third kappa shape index (κ3) is 3.61. The van der Waals surface area contributed by atoms with Gasteiger partial charge in [-0.25, -0.2) is 0 Å². The van der Waals surface area contributed by atoms with Gasteiger partial charge in [-0.1, -0.05) is 18.2 Å². The van der Waals surface area contributed by atoms with E-state index < -0.39 is 0 Å². The van der Waals surface area contributed by atoms with Crippen molar-refractivity contribution < 1.29 is 19.2 Å². The van der Waals surface area contributed by atoms with Crippen molar-refractivity contribution in [1.82, 2.24) is 4.90 Å². The average Bonchev–Trinajstić information content (AvgIpc) is 2.84. The minimum Gasteiger partial charge on any atom is -0.326 e. The first-order valence-electron chi connectivity index (χ1n) is 8.08. The highest BCUT2D eigenvalue weighted by Gasteiger charge is 2.34. The maximum atomic E-state index is 12.3. The largest absolute Gasteiger partial charge is 0.326 e. The number of carbonyl (C=O) groups excluding carboxylic acids is 4. The number of imide groups is 1. The molecule has 0 aliphatic carbocycles. The number of amides is 4. The topological polar surface area (TPSA) is 95.6 Å². The van der Waals surface area contributed by atoms with Crippen molar-refractivity contribution in [2.45, 2.75) is 13.3 Å². The van der Waals surface area contributed by atoms with E-state index >= 15 is 0 Å². The number of nitrogens with one attached hydrogen (secondary N) is 2. The van der Waals surface area contributed by atoms with Crippen LogP contribution in [0, 0.1) is 0 Å². The first-order valence-corrected chi connectivity index (χ1v) is 8.08. The third-order valence-corrected chi connectivity index (χ3v) is 3.91. The van der Waals surface area contributed by atoms with E-state index in [1.165, 1.54) is 6.92 Å². The minimum atomic E-state index is -0.383. The van der Waals surface area contributed by atoms with Gasteiger partial charge in [0, 0.05) is 31.3 Å². The van der Waals surface area contributed by atoms with Gasteiger partial charge in [0.25, 0.3) is 11.8 Å². The molecule has 0 atom stereocenters. The predicted molar refractivity (Wildman–Crippen MR) is 95.8 cm³/mol. The molecule has 7 heteroatoms. The molecule has 0 bridgehead atoms. The normalized spacial score (nSPS) is 12.7. The summed E-state index contributed by atoms with van der Waals surface area (Å²) in [5, 5.41) is 5.32. The number of rotatable bonds is 5. The van der Waals surface area contributed by atoms with Crippen LogP contribution in [0.5, 0.6) is 0 Å². The van der Waals surface area contributed by atoms with Crippen molar-refractivity contribution in [1.29, 1.82) is 0 Å². The number of nitrogens with zero attached hydrogens (tertiary/aromatic N) is 1. The fourth-order valence-corrected chi connectivity index (χ4v) is 2.76. The van der Waals surface area contributed by atoms with Crippen molar-refractivity contribution in [3.63, 3.8) is 0 Å². The first-order chi connectivity index (χ1) is 12.5. The van der Waals surface area contributed by atoms with Crippen LogP contribution >= 0.6 is 0 Å². The molecule has 4 amide bonds. The van der Waals surface area contributed by atoms with Gasteiger partial charge in [-0.2, -0.15) is 0 Å². The molecule has 2 aromatic carbocycles. The Kier molecular flexibility index (Phi) is 4.79. The Bertz CT molecular complexity index is 872. The second kappa shape index (κ2) is 7.18. The molecule has 1 aliphatic rings. The van der Waals surface area contributed by atoms with Gasteiger partial charge < -0.3 is 10.6 Å². The third-order valence-electron chi connectivity index (χ3n) is 3.91. The summed E-state index contributed by atoms with van der Waals surface area (Å²) < 4.78 is 0. The highest BCUT2D eigenvalue weighted by molar-refractivity contribution is 6.21. The van der Waals surface area contributed by atoms with Crippen molar-refractivity contribution >= 4 is 35.0 Å². The van der Waals surface area contributed by atoms with Crippen molar-refractivity contribution in [2.75, 3.05) is 17.2 Å². The molecule has 0 saturated heterocycles. The Morgan fingerprint density at radius 1 is 0.885 bits per heavy atom. The Balaban J connectivity index is 1.59. The highest BCUT2D eigenvalue weighted by atomic mass is 16.2. The van der Waals surface area contributed by atoms with Crippen LogP contribution in [-0.4, -0.2) is 35.1 Å². The quantitative estimate of drug-likeness (QED) is 0.808. The van der Waals surface area contributed by atoms with Gasteiger partial charge in [0.2, 0.25) is 11.8 Å². The van der Waals surface area contributed by atoms with Gasteiger partial charge in [0.05, 0.1) is 11.1 Å². The smallest absolute Gasteiger partial charge is 0.261 e. The maximum Gasteiger partial charge on any atom is 0.261 e. The molecule has 0 unspecified atom stereocenters. The van der Waals surface area contributed by atoms with Crippen LogP contribution in [0.15, 0.2) is 48.5 Å². The summed E-state index contributed by atoms with van der Waals surface area (Å²) >= 11 is 0. The van der Waals surface area contributed by atoms with E-state index in [2.05, 4.69) is 10.6 Å². The van der Waals surface area contributed by atoms with E-state index in [0.29, 0.717) is 22.5 Å². The molecule has 2 N–H and O–H groups in total. The summed E-state index contributed by atoms with van der Waals surface area (Å²) in [4.78, 5) is 48.8. The summed E-state index contributed by atoms with van der Waals surface area (Å²) in [5.74, 6) is -1.31. The minimum absolute atomic E-state index is 0.00354. The predicted octanol–water partition coefficient (Wildman–Crippen LogP) is 2.27. The molecule has 2 aromatic rings. The molecule has 0 spiro atoms. The molecule has 0 saturated carbocycles. The van der Waals surface area contributed by atoms with E-state index in [0.717, 1.165) is 4.90 Å². The van der Waals surface area contributed by atoms with Gasteiger partial charge >= 0.3 is 0 Å². The molecular weight excluding hydrogens is 334 g/mol. The van der Waals surface area contributed by atoms with Crippen LogP contribution in [0.1, 0.15) is 34.1 Å². The second-order valence-electron chi connectivity index (χ2n) is 5.87. The van der Waals surface area contributed by atoms with Gasteiger partial charge in [-0.05, 0) is 30.3 Å². The lowest BCUT2D eigenvalue weighted by molar-refractivity contribution is -0.116. The van der Waals surface area contributed by atoms with Crippen molar-refractivity contribution in [3.05, 3.63) is 59.7 Å². The average molecular weight is 351 g/mol. The molecule has 0 fully saturated rings. The van der Waals surface area contributed by atoms with Gasteiger partial charge in [-0.15, -0.1) is 0 Å². The number of hydrogen-bond acceptors (Lipinski definition) is 4. The van der Waals surface area contributed by atoms with E-state index in [1.807, 2.05) is 0 Å². The zero-order valence-corrected chi connectivity index (χ0v) is 14.1. The van der Waals surface area contributed by atoms with Gasteiger partial charge in [-0.3, -0.25) is 24.1 Å². The van der Waals surface area contributed by atoms with Crippen LogP contribution in [0.25, 0.3) is 0 Å². The standard InChI is InChI=1S/C19H17N3O4/c1-12(23)20-13-5-4-6-14(11-13)21-17(24)9-10-22-18(25)15-7-2-3-8-16(15)19(22)26/h2-8,11H,9-10H2,1H3,(H,20,23)(H,21,24). The summed E-state index contributed by atoms with van der Waals surface area (Å²) in [6, 6.07) is 13.3. The highest BCUT2D eigenvalue weighted by Crippen LogP contribution is 2.22. The molecule has 26 heavy (non-hydrogen) atoms. The number of hydrogen-bond donors (Lipinski definition) is 2. The number of carbonyl (C=O) groups is 4.